The summed E-state index contributed by atoms with van der Waals surface area (Å²) in [5, 5.41) is 3.06. The molecule has 0 aromatic carbocycles. The lowest BCUT2D eigenvalue weighted by molar-refractivity contribution is 0.0452. The van der Waals surface area contributed by atoms with Crippen LogP contribution in [0.3, 0.4) is 0 Å². The normalized spacial score (nSPS) is 47.7. The standard InChI is InChI=1S/C8H13F2N/c1-6-2-7(5-11-3-6)4-8(7,9)10/h6,11H,2-5H2,1H3. The minimum atomic E-state index is -2.37. The zero-order chi connectivity index (χ0) is 8.11. The van der Waals surface area contributed by atoms with Crippen LogP contribution in [0.15, 0.2) is 0 Å². The van der Waals surface area contributed by atoms with Crippen LogP contribution in [0.25, 0.3) is 0 Å². The molecule has 3 heteroatoms. The van der Waals surface area contributed by atoms with E-state index in [9.17, 15) is 8.78 Å². The molecule has 0 radical (unpaired) electrons. The molecule has 1 saturated heterocycles. The number of rotatable bonds is 0. The summed E-state index contributed by atoms with van der Waals surface area (Å²) in [6.45, 7) is 3.45. The molecule has 1 nitrogen and oxygen atoms in total. The Morgan fingerprint density at radius 2 is 2.09 bits per heavy atom. The van der Waals surface area contributed by atoms with Gasteiger partial charge in [-0.1, -0.05) is 6.92 Å². The zero-order valence-corrected chi connectivity index (χ0v) is 6.66. The molecule has 1 saturated carbocycles. The second kappa shape index (κ2) is 1.94. The van der Waals surface area contributed by atoms with Gasteiger partial charge in [-0.05, 0) is 18.9 Å². The fraction of sp³-hybridized carbons (Fsp3) is 1.00. The second-order valence-electron chi connectivity index (χ2n) is 4.10. The summed E-state index contributed by atoms with van der Waals surface area (Å²) in [5.74, 6) is -1.95. The number of nitrogens with one attached hydrogen (secondary N) is 1. The van der Waals surface area contributed by atoms with Crippen molar-refractivity contribution in [3.8, 4) is 0 Å². The fourth-order valence-corrected chi connectivity index (χ4v) is 2.16. The van der Waals surface area contributed by atoms with Crippen LogP contribution in [0.2, 0.25) is 0 Å². The first kappa shape index (κ1) is 7.47. The van der Waals surface area contributed by atoms with E-state index in [-0.39, 0.29) is 6.42 Å². The van der Waals surface area contributed by atoms with E-state index in [1.807, 2.05) is 6.92 Å². The maximum Gasteiger partial charge on any atom is 0.255 e. The highest BCUT2D eigenvalue weighted by Crippen LogP contribution is 2.64. The van der Waals surface area contributed by atoms with Gasteiger partial charge in [0.1, 0.15) is 0 Å². The van der Waals surface area contributed by atoms with Crippen molar-refractivity contribution in [3.05, 3.63) is 0 Å². The molecule has 0 aromatic rings. The van der Waals surface area contributed by atoms with E-state index in [2.05, 4.69) is 5.32 Å². The van der Waals surface area contributed by atoms with Gasteiger partial charge in [-0.15, -0.1) is 0 Å². The van der Waals surface area contributed by atoms with Crippen molar-refractivity contribution < 1.29 is 8.78 Å². The van der Waals surface area contributed by atoms with Crippen molar-refractivity contribution in [2.24, 2.45) is 11.3 Å². The van der Waals surface area contributed by atoms with E-state index < -0.39 is 11.3 Å². The first-order valence-corrected chi connectivity index (χ1v) is 4.14. The van der Waals surface area contributed by atoms with Gasteiger partial charge in [0.25, 0.3) is 5.92 Å². The van der Waals surface area contributed by atoms with Gasteiger partial charge < -0.3 is 5.32 Å². The molecule has 1 aliphatic heterocycles. The maximum absolute atomic E-state index is 12.8. The lowest BCUT2D eigenvalue weighted by atomic mass is 9.89. The van der Waals surface area contributed by atoms with Crippen molar-refractivity contribution in [2.45, 2.75) is 25.7 Å². The van der Waals surface area contributed by atoms with E-state index >= 15 is 0 Å². The van der Waals surface area contributed by atoms with Crippen LogP contribution in [0, 0.1) is 11.3 Å². The third-order valence-electron chi connectivity index (χ3n) is 2.91. The lowest BCUT2D eigenvalue weighted by Gasteiger charge is -2.27. The number of alkyl halides is 2. The minimum Gasteiger partial charge on any atom is -0.316 e. The topological polar surface area (TPSA) is 12.0 Å². The van der Waals surface area contributed by atoms with Gasteiger partial charge in [0, 0.05) is 13.0 Å². The van der Waals surface area contributed by atoms with E-state index in [1.165, 1.54) is 0 Å². The highest BCUT2D eigenvalue weighted by atomic mass is 19.3. The first-order chi connectivity index (χ1) is 5.06. The van der Waals surface area contributed by atoms with Crippen LogP contribution in [-0.2, 0) is 0 Å². The van der Waals surface area contributed by atoms with E-state index in [1.54, 1.807) is 0 Å². The van der Waals surface area contributed by atoms with Crippen LogP contribution in [-0.4, -0.2) is 19.0 Å². The lowest BCUT2D eigenvalue weighted by Crippen LogP contribution is -2.39. The number of halogens is 2. The molecule has 1 aliphatic carbocycles. The van der Waals surface area contributed by atoms with E-state index in [4.69, 9.17) is 0 Å². The third kappa shape index (κ3) is 0.975. The SMILES string of the molecule is CC1CNCC2(C1)CC2(F)F. The Morgan fingerprint density at radius 1 is 1.45 bits per heavy atom. The van der Waals surface area contributed by atoms with Gasteiger partial charge in [0.2, 0.25) is 0 Å². The molecular weight excluding hydrogens is 148 g/mol. The van der Waals surface area contributed by atoms with Gasteiger partial charge in [-0.3, -0.25) is 0 Å². The molecule has 1 heterocycles. The summed E-state index contributed by atoms with van der Waals surface area (Å²) < 4.78 is 25.6. The Labute approximate surface area is 65.2 Å². The number of piperidine rings is 1. The van der Waals surface area contributed by atoms with Gasteiger partial charge in [0.15, 0.2) is 0 Å². The smallest absolute Gasteiger partial charge is 0.255 e. The molecule has 2 fully saturated rings. The number of hydrogen-bond donors (Lipinski definition) is 1. The Kier molecular flexibility index (Phi) is 1.32. The summed E-state index contributed by atoms with van der Waals surface area (Å²) in [4.78, 5) is 0. The first-order valence-electron chi connectivity index (χ1n) is 4.14. The quantitative estimate of drug-likeness (QED) is 0.569. The molecular formula is C8H13F2N. The largest absolute Gasteiger partial charge is 0.316 e. The highest BCUT2D eigenvalue weighted by Gasteiger charge is 2.71. The predicted molar refractivity (Wildman–Crippen MR) is 38.6 cm³/mol. The molecule has 0 aromatic heterocycles. The van der Waals surface area contributed by atoms with E-state index in [0.717, 1.165) is 6.54 Å². The molecule has 11 heavy (non-hydrogen) atoms. The summed E-state index contributed by atoms with van der Waals surface area (Å²) in [5.41, 5.74) is -0.648. The van der Waals surface area contributed by atoms with Gasteiger partial charge in [-0.2, -0.15) is 0 Å². The minimum absolute atomic E-state index is 0.108. The number of hydrogen-bond acceptors (Lipinski definition) is 1. The van der Waals surface area contributed by atoms with Gasteiger partial charge in [-0.25, -0.2) is 8.78 Å². The monoisotopic (exact) mass is 161 g/mol. The van der Waals surface area contributed by atoms with Crippen molar-refractivity contribution in [3.63, 3.8) is 0 Å². The molecule has 0 bridgehead atoms. The maximum atomic E-state index is 12.8. The van der Waals surface area contributed by atoms with Crippen molar-refractivity contribution in [1.82, 2.24) is 5.32 Å². The summed E-state index contributed by atoms with van der Waals surface area (Å²) in [6.07, 6.45) is 0.810. The zero-order valence-electron chi connectivity index (χ0n) is 6.66. The average molecular weight is 161 g/mol. The highest BCUT2D eigenvalue weighted by molar-refractivity contribution is 5.13. The molecule has 0 amide bonds. The summed E-state index contributed by atoms with van der Waals surface area (Å²) in [6, 6.07) is 0. The molecule has 2 unspecified atom stereocenters. The summed E-state index contributed by atoms with van der Waals surface area (Å²) >= 11 is 0. The second-order valence-corrected chi connectivity index (χ2v) is 4.10. The Balaban J connectivity index is 2.06. The van der Waals surface area contributed by atoms with Crippen molar-refractivity contribution in [1.29, 1.82) is 0 Å². The Bertz CT molecular complexity index is 181. The molecule has 1 N–H and O–H groups in total. The van der Waals surface area contributed by atoms with Gasteiger partial charge in [0.05, 0.1) is 5.41 Å². The van der Waals surface area contributed by atoms with Crippen LogP contribution in [0.1, 0.15) is 19.8 Å². The predicted octanol–water partition coefficient (Wildman–Crippen LogP) is 1.64. The third-order valence-corrected chi connectivity index (χ3v) is 2.91. The Morgan fingerprint density at radius 3 is 2.45 bits per heavy atom. The summed E-state index contributed by atoms with van der Waals surface area (Å²) in [7, 11) is 0. The van der Waals surface area contributed by atoms with Crippen molar-refractivity contribution in [2.75, 3.05) is 13.1 Å². The molecule has 1 spiro atoms. The van der Waals surface area contributed by atoms with Crippen LogP contribution in [0.4, 0.5) is 8.78 Å². The van der Waals surface area contributed by atoms with Crippen LogP contribution in [0.5, 0.6) is 0 Å². The fourth-order valence-electron chi connectivity index (χ4n) is 2.16. The molecule has 2 rings (SSSR count). The Hall–Kier alpha value is -0.180. The average Bonchev–Trinajstić information content (AvgIpc) is 2.32. The van der Waals surface area contributed by atoms with Gasteiger partial charge >= 0.3 is 0 Å². The van der Waals surface area contributed by atoms with Crippen molar-refractivity contribution >= 4 is 0 Å². The van der Waals surface area contributed by atoms with E-state index in [0.29, 0.717) is 18.9 Å². The van der Waals surface area contributed by atoms with Crippen LogP contribution < -0.4 is 5.32 Å². The van der Waals surface area contributed by atoms with Crippen LogP contribution >= 0.6 is 0 Å². The molecule has 64 valence electrons. The molecule has 2 atom stereocenters. The molecule has 2 aliphatic rings.